The maximum Gasteiger partial charge on any atom is 0.349 e. The first-order valence-corrected chi connectivity index (χ1v) is 11.3. The molecule has 0 fully saturated rings. The van der Waals surface area contributed by atoms with Crippen molar-refractivity contribution in [2.75, 3.05) is 18.5 Å². The van der Waals surface area contributed by atoms with Crippen LogP contribution in [0.5, 0.6) is 5.75 Å². The molecule has 2 N–H and O–H groups in total. The lowest BCUT2D eigenvalue weighted by Crippen LogP contribution is -2.07. The van der Waals surface area contributed by atoms with Gasteiger partial charge in [0, 0.05) is 23.4 Å². The van der Waals surface area contributed by atoms with Gasteiger partial charge in [-0.2, -0.15) is 0 Å². The number of nitrogens with zero attached hydrogens (tertiary/aromatic N) is 2. The summed E-state index contributed by atoms with van der Waals surface area (Å²) in [6.07, 6.45) is 2.37. The Morgan fingerprint density at radius 2 is 2.10 bits per heavy atom. The van der Waals surface area contributed by atoms with Gasteiger partial charge >= 0.3 is 5.97 Å². The number of benzene rings is 1. The Bertz CT molecular complexity index is 1200. The lowest BCUT2D eigenvalue weighted by molar-refractivity contribution is 0.0698. The quantitative estimate of drug-likeness (QED) is 0.378. The Labute approximate surface area is 182 Å². The van der Waals surface area contributed by atoms with Gasteiger partial charge in [0.25, 0.3) is 0 Å². The number of aryl methyl sites for hydroxylation is 1. The van der Waals surface area contributed by atoms with E-state index in [1.165, 1.54) is 27.5 Å². The average molecular weight is 440 g/mol. The molecule has 0 bridgehead atoms. The molecule has 154 valence electrons. The van der Waals surface area contributed by atoms with Gasteiger partial charge in [0.1, 0.15) is 17.9 Å². The Hall–Kier alpha value is -2.97. The summed E-state index contributed by atoms with van der Waals surface area (Å²) in [5, 5.41) is 16.1. The van der Waals surface area contributed by atoms with Crippen LogP contribution in [0.25, 0.3) is 20.7 Å². The summed E-state index contributed by atoms with van der Waals surface area (Å²) < 4.78 is 6.76. The second-order valence-electron chi connectivity index (χ2n) is 6.74. The first-order valence-electron chi connectivity index (χ1n) is 9.58. The van der Waals surface area contributed by atoms with Crippen LogP contribution in [0.2, 0.25) is 0 Å². The number of ether oxygens (including phenoxy) is 1. The third-order valence-electron chi connectivity index (χ3n) is 4.72. The highest BCUT2D eigenvalue weighted by Crippen LogP contribution is 2.36. The van der Waals surface area contributed by atoms with Crippen LogP contribution in [0.3, 0.4) is 0 Å². The van der Waals surface area contributed by atoms with E-state index in [9.17, 15) is 9.90 Å². The lowest BCUT2D eigenvalue weighted by Gasteiger charge is -2.09. The molecule has 1 aromatic carbocycles. The second kappa shape index (κ2) is 8.81. The monoisotopic (exact) mass is 439 g/mol. The zero-order valence-corrected chi connectivity index (χ0v) is 18.3. The smallest absolute Gasteiger partial charge is 0.349 e. The van der Waals surface area contributed by atoms with Crippen LogP contribution in [-0.4, -0.2) is 34.2 Å². The Kier molecular flexibility index (Phi) is 5.96. The molecule has 0 amide bonds. The van der Waals surface area contributed by atoms with Gasteiger partial charge in [-0.15, -0.1) is 22.7 Å². The van der Waals surface area contributed by atoms with Crippen LogP contribution >= 0.6 is 22.7 Å². The molecule has 0 unspecified atom stereocenters. The van der Waals surface area contributed by atoms with E-state index in [-0.39, 0.29) is 4.88 Å². The van der Waals surface area contributed by atoms with E-state index in [4.69, 9.17) is 4.74 Å². The molecular formula is C22H21N3O3S2. The number of nitrogens with one attached hydrogen (secondary N) is 1. The molecule has 0 aliphatic rings. The first kappa shape index (κ1) is 20.3. The summed E-state index contributed by atoms with van der Waals surface area (Å²) in [4.78, 5) is 21.0. The van der Waals surface area contributed by atoms with Crippen molar-refractivity contribution in [3.8, 4) is 16.3 Å². The molecule has 4 aromatic rings. The number of carboxylic acids is 1. The molecule has 3 heterocycles. The molecule has 4 rings (SSSR count). The number of carbonyl (C=O) groups is 1. The molecule has 0 radical (unpaired) electrons. The summed E-state index contributed by atoms with van der Waals surface area (Å²) in [6.45, 7) is 5.11. The van der Waals surface area contributed by atoms with Gasteiger partial charge in [-0.1, -0.05) is 0 Å². The Morgan fingerprint density at radius 3 is 2.90 bits per heavy atom. The third-order valence-corrected chi connectivity index (χ3v) is 6.73. The Morgan fingerprint density at radius 1 is 1.23 bits per heavy atom. The van der Waals surface area contributed by atoms with Gasteiger partial charge < -0.3 is 15.2 Å². The van der Waals surface area contributed by atoms with Gasteiger partial charge in [-0.25, -0.2) is 14.8 Å². The summed E-state index contributed by atoms with van der Waals surface area (Å²) in [5.74, 6) is 0.0787. The number of hydrogen-bond acceptors (Lipinski definition) is 7. The summed E-state index contributed by atoms with van der Waals surface area (Å²) in [7, 11) is 0. The zero-order chi connectivity index (χ0) is 21.1. The zero-order valence-electron chi connectivity index (χ0n) is 16.6. The van der Waals surface area contributed by atoms with Crippen molar-refractivity contribution in [2.45, 2.75) is 20.3 Å². The minimum Gasteiger partial charge on any atom is -0.492 e. The normalized spacial score (nSPS) is 11.0. The van der Waals surface area contributed by atoms with Crippen LogP contribution < -0.4 is 10.1 Å². The molecule has 0 aliphatic carbocycles. The summed E-state index contributed by atoms with van der Waals surface area (Å²) in [5.41, 5.74) is 3.27. The number of carboxylic acid groups (broad SMARTS) is 1. The molecule has 8 heteroatoms. The first-order chi connectivity index (χ1) is 14.5. The van der Waals surface area contributed by atoms with Crippen LogP contribution in [0.1, 0.15) is 27.7 Å². The molecule has 0 saturated heterocycles. The highest BCUT2D eigenvalue weighted by Gasteiger charge is 2.18. The lowest BCUT2D eigenvalue weighted by atomic mass is 10.0. The molecule has 0 atom stereocenters. The standard InChI is InChI=1S/C22H21N3O3S2/c1-3-28-17-11-19(30-21(17)22(26)27)16-10-20(25-12-24-16)23-6-4-14-9-15-5-7-29-18(15)8-13(14)2/h5,7-12H,3-4,6H2,1-2H3,(H,26,27)(H,23,24,25). The molecule has 30 heavy (non-hydrogen) atoms. The predicted molar refractivity (Wildman–Crippen MR) is 122 cm³/mol. The van der Waals surface area contributed by atoms with Crippen molar-refractivity contribution in [3.05, 3.63) is 58.0 Å². The van der Waals surface area contributed by atoms with Crippen molar-refractivity contribution in [1.29, 1.82) is 0 Å². The van der Waals surface area contributed by atoms with Gasteiger partial charge in [0.15, 0.2) is 4.88 Å². The highest BCUT2D eigenvalue weighted by atomic mass is 32.1. The van der Waals surface area contributed by atoms with E-state index >= 15 is 0 Å². The summed E-state index contributed by atoms with van der Waals surface area (Å²) >= 11 is 2.91. The second-order valence-corrected chi connectivity index (χ2v) is 8.74. The molecule has 0 spiro atoms. The van der Waals surface area contributed by atoms with Crippen LogP contribution in [0, 0.1) is 6.92 Å². The topological polar surface area (TPSA) is 84.3 Å². The molecular weight excluding hydrogens is 418 g/mol. The van der Waals surface area contributed by atoms with Crippen molar-refractivity contribution in [1.82, 2.24) is 9.97 Å². The number of rotatable bonds is 8. The fourth-order valence-electron chi connectivity index (χ4n) is 3.25. The minimum absolute atomic E-state index is 0.180. The molecule has 0 saturated carbocycles. The number of hydrogen-bond donors (Lipinski definition) is 2. The van der Waals surface area contributed by atoms with Crippen molar-refractivity contribution in [2.24, 2.45) is 0 Å². The number of thiophene rings is 2. The SMILES string of the molecule is CCOc1cc(-c2cc(NCCc3cc4ccsc4cc3C)ncn2)sc1C(=O)O. The maximum atomic E-state index is 11.5. The van der Waals surface area contributed by atoms with Crippen LogP contribution in [0.4, 0.5) is 5.82 Å². The highest BCUT2D eigenvalue weighted by molar-refractivity contribution is 7.17. The third kappa shape index (κ3) is 4.29. The van der Waals surface area contributed by atoms with Gasteiger partial charge in [-0.3, -0.25) is 0 Å². The van der Waals surface area contributed by atoms with E-state index in [0.29, 0.717) is 23.9 Å². The maximum absolute atomic E-state index is 11.5. The number of anilines is 1. The largest absolute Gasteiger partial charge is 0.492 e. The van der Waals surface area contributed by atoms with E-state index in [1.807, 2.05) is 13.0 Å². The molecule has 3 aromatic heterocycles. The van der Waals surface area contributed by atoms with E-state index in [1.54, 1.807) is 17.4 Å². The fraction of sp³-hybridized carbons (Fsp3) is 0.227. The van der Waals surface area contributed by atoms with E-state index < -0.39 is 5.97 Å². The fourth-order valence-corrected chi connectivity index (χ4v) is 5.03. The van der Waals surface area contributed by atoms with Gasteiger partial charge in [-0.05, 0) is 60.4 Å². The number of aromatic carboxylic acids is 1. The predicted octanol–water partition coefficient (Wildman–Crippen LogP) is 5.48. The Balaban J connectivity index is 1.47. The van der Waals surface area contributed by atoms with Crippen molar-refractivity contribution >= 4 is 44.5 Å². The van der Waals surface area contributed by atoms with Crippen molar-refractivity contribution in [3.63, 3.8) is 0 Å². The molecule has 6 nitrogen and oxygen atoms in total. The van der Waals surface area contributed by atoms with Crippen molar-refractivity contribution < 1.29 is 14.6 Å². The number of aromatic nitrogens is 2. The number of fused-ring (bicyclic) bond motifs is 1. The average Bonchev–Trinajstić information content (AvgIpc) is 3.35. The van der Waals surface area contributed by atoms with E-state index in [0.717, 1.165) is 29.2 Å². The molecule has 0 aliphatic heterocycles. The summed E-state index contributed by atoms with van der Waals surface area (Å²) in [6, 6.07) is 10.2. The van der Waals surface area contributed by atoms with Crippen LogP contribution in [0.15, 0.2) is 42.0 Å². The minimum atomic E-state index is -1.000. The van der Waals surface area contributed by atoms with Crippen LogP contribution in [-0.2, 0) is 6.42 Å². The van der Waals surface area contributed by atoms with Gasteiger partial charge in [0.2, 0.25) is 0 Å². The van der Waals surface area contributed by atoms with E-state index in [2.05, 4.69) is 45.8 Å². The van der Waals surface area contributed by atoms with Gasteiger partial charge in [0.05, 0.1) is 17.2 Å².